The highest BCUT2D eigenvalue weighted by molar-refractivity contribution is 5.79. The number of unbranched alkanes of at least 4 members (excludes halogenated alkanes) is 11. The molecule has 0 aliphatic carbocycles. The summed E-state index contributed by atoms with van der Waals surface area (Å²) in [7, 11) is 4.03. The Bertz CT molecular complexity index is 540. The van der Waals surface area contributed by atoms with Crippen molar-refractivity contribution in [2.75, 3.05) is 14.1 Å². The molecule has 0 radical (unpaired) electrons. The van der Waals surface area contributed by atoms with E-state index in [2.05, 4.69) is 31.0 Å². The molecule has 0 aromatic heterocycles. The van der Waals surface area contributed by atoms with Crippen LogP contribution in [0.1, 0.15) is 124 Å². The van der Waals surface area contributed by atoms with Gasteiger partial charge in [0.2, 0.25) is 5.91 Å². The Balaban J connectivity index is 0. The fourth-order valence-corrected chi connectivity index (χ4v) is 3.71. The molecule has 0 aliphatic rings. The molecule has 0 bridgehead atoms. The molecule has 0 saturated heterocycles. The first-order valence-electron chi connectivity index (χ1n) is 13.6. The van der Waals surface area contributed by atoms with Crippen LogP contribution in [0.4, 0.5) is 0 Å². The Labute approximate surface area is 213 Å². The molecule has 8 nitrogen and oxygen atoms in total. The van der Waals surface area contributed by atoms with Crippen LogP contribution in [0, 0.1) is 5.92 Å². The molecule has 2 atom stereocenters. The number of hydrogen-bond donors (Lipinski definition) is 4. The molecule has 35 heavy (non-hydrogen) atoms. The van der Waals surface area contributed by atoms with Gasteiger partial charge in [0, 0.05) is 6.42 Å². The minimum Gasteiger partial charge on any atom is -0.481 e. The van der Waals surface area contributed by atoms with Crippen molar-refractivity contribution in [2.24, 2.45) is 5.92 Å². The summed E-state index contributed by atoms with van der Waals surface area (Å²) in [6.45, 7) is 6.75. The lowest BCUT2D eigenvalue weighted by Gasteiger charge is -2.23. The zero-order chi connectivity index (χ0) is 27.1. The second-order valence-electron chi connectivity index (χ2n) is 10.1. The molecule has 0 aromatic carbocycles. The van der Waals surface area contributed by atoms with Gasteiger partial charge in [0.05, 0.1) is 12.6 Å². The molecule has 1 amide bonds. The standard InChI is InChI=1S/C23H48N2O.C4H6O5/c1-6-22(25(4)5)24-23(26)20-18-16-14-12-10-8-7-9-11-13-15-17-19-21(2)3;5-2(4(8)9)1-3(6)7/h21-22H,6-20H2,1-5H3,(H,24,26);2,5H,1H2,(H,6,7)(H,8,9). The van der Waals surface area contributed by atoms with Gasteiger partial charge >= 0.3 is 11.9 Å². The molecule has 0 heterocycles. The van der Waals surface area contributed by atoms with Crippen LogP contribution in [0.2, 0.25) is 0 Å². The van der Waals surface area contributed by atoms with E-state index in [4.69, 9.17) is 15.3 Å². The highest BCUT2D eigenvalue weighted by Crippen LogP contribution is 2.14. The smallest absolute Gasteiger partial charge is 0.333 e. The maximum Gasteiger partial charge on any atom is 0.333 e. The third kappa shape index (κ3) is 26.8. The summed E-state index contributed by atoms with van der Waals surface area (Å²) in [5, 5.41) is 27.2. The molecule has 0 rings (SSSR count). The van der Waals surface area contributed by atoms with Gasteiger partial charge in [-0.25, -0.2) is 4.79 Å². The van der Waals surface area contributed by atoms with Crippen LogP contribution in [0.25, 0.3) is 0 Å². The number of aliphatic hydroxyl groups excluding tert-OH is 1. The van der Waals surface area contributed by atoms with Crippen LogP contribution in [0.3, 0.4) is 0 Å². The molecule has 2 unspecified atom stereocenters. The zero-order valence-corrected chi connectivity index (χ0v) is 23.1. The lowest BCUT2D eigenvalue weighted by molar-refractivity contribution is -0.152. The number of carboxylic acid groups (broad SMARTS) is 2. The Morgan fingerprint density at radius 1 is 0.771 bits per heavy atom. The fourth-order valence-electron chi connectivity index (χ4n) is 3.71. The van der Waals surface area contributed by atoms with Crippen molar-refractivity contribution in [1.29, 1.82) is 0 Å². The van der Waals surface area contributed by atoms with Crippen LogP contribution in [-0.4, -0.2) is 64.4 Å². The number of carboxylic acids is 2. The first-order valence-corrected chi connectivity index (χ1v) is 13.6. The topological polar surface area (TPSA) is 127 Å². The molecular weight excluding hydrogens is 448 g/mol. The number of nitrogens with one attached hydrogen (secondary N) is 1. The molecule has 208 valence electrons. The van der Waals surface area contributed by atoms with Gasteiger partial charge in [-0.3, -0.25) is 14.5 Å². The zero-order valence-electron chi connectivity index (χ0n) is 23.1. The van der Waals surface area contributed by atoms with Gasteiger partial charge in [-0.05, 0) is 32.9 Å². The van der Waals surface area contributed by atoms with Crippen molar-refractivity contribution >= 4 is 17.8 Å². The van der Waals surface area contributed by atoms with E-state index < -0.39 is 24.5 Å². The minimum absolute atomic E-state index is 0.178. The number of amides is 1. The van der Waals surface area contributed by atoms with Crippen molar-refractivity contribution in [3.8, 4) is 0 Å². The van der Waals surface area contributed by atoms with Gasteiger partial charge in [0.25, 0.3) is 0 Å². The molecule has 0 aliphatic heterocycles. The van der Waals surface area contributed by atoms with Gasteiger partial charge in [-0.2, -0.15) is 0 Å². The van der Waals surface area contributed by atoms with Gasteiger partial charge in [-0.15, -0.1) is 0 Å². The van der Waals surface area contributed by atoms with Crippen molar-refractivity contribution in [2.45, 2.75) is 136 Å². The summed E-state index contributed by atoms with van der Waals surface area (Å²) < 4.78 is 0. The maximum absolute atomic E-state index is 11.9. The van der Waals surface area contributed by atoms with Crippen molar-refractivity contribution in [1.82, 2.24) is 10.2 Å². The monoisotopic (exact) mass is 502 g/mol. The van der Waals surface area contributed by atoms with Crippen LogP contribution < -0.4 is 5.32 Å². The largest absolute Gasteiger partial charge is 0.481 e. The minimum atomic E-state index is -1.79. The van der Waals surface area contributed by atoms with Crippen LogP contribution in [0.5, 0.6) is 0 Å². The number of carbonyl (C=O) groups excluding carboxylic acids is 1. The predicted octanol–water partition coefficient (Wildman–Crippen LogP) is 5.42. The van der Waals surface area contributed by atoms with E-state index in [1.807, 2.05) is 14.1 Å². The molecule has 4 N–H and O–H groups in total. The van der Waals surface area contributed by atoms with Crippen LogP contribution in [0.15, 0.2) is 0 Å². The molecular formula is C27H54N2O6. The van der Waals surface area contributed by atoms with E-state index in [0.717, 1.165) is 18.8 Å². The second kappa shape index (κ2) is 24.0. The Kier molecular flexibility index (Phi) is 24.4. The SMILES string of the molecule is CCC(NC(=O)CCCCCCCCCCCCCCC(C)C)N(C)C.O=C(O)CC(O)C(=O)O. The highest BCUT2D eigenvalue weighted by atomic mass is 16.4. The van der Waals surface area contributed by atoms with E-state index in [1.54, 1.807) is 0 Å². The van der Waals surface area contributed by atoms with E-state index in [1.165, 1.54) is 77.0 Å². The van der Waals surface area contributed by atoms with Gasteiger partial charge < -0.3 is 20.6 Å². The normalized spacial score (nSPS) is 12.7. The predicted molar refractivity (Wildman–Crippen MR) is 141 cm³/mol. The van der Waals surface area contributed by atoms with Crippen molar-refractivity contribution in [3.05, 3.63) is 0 Å². The number of nitrogens with zero attached hydrogens (tertiary/aromatic N) is 1. The van der Waals surface area contributed by atoms with E-state index in [9.17, 15) is 14.4 Å². The van der Waals surface area contributed by atoms with Gasteiger partial charge in [-0.1, -0.05) is 97.8 Å². The van der Waals surface area contributed by atoms with E-state index in [0.29, 0.717) is 6.42 Å². The lowest BCUT2D eigenvalue weighted by Crippen LogP contribution is -2.44. The van der Waals surface area contributed by atoms with Crippen molar-refractivity contribution < 1.29 is 29.7 Å². The molecule has 0 fully saturated rings. The van der Waals surface area contributed by atoms with Crippen LogP contribution in [-0.2, 0) is 14.4 Å². The summed E-state index contributed by atoms with van der Waals surface area (Å²) in [4.78, 5) is 33.4. The summed E-state index contributed by atoms with van der Waals surface area (Å²) in [5.74, 6) is -1.77. The lowest BCUT2D eigenvalue weighted by atomic mass is 10.0. The number of aliphatic carboxylic acids is 2. The number of hydrogen-bond acceptors (Lipinski definition) is 5. The third-order valence-corrected chi connectivity index (χ3v) is 5.93. The molecule has 0 aromatic rings. The second-order valence-corrected chi connectivity index (χ2v) is 10.1. The Morgan fingerprint density at radius 3 is 1.51 bits per heavy atom. The summed E-state index contributed by atoms with van der Waals surface area (Å²) >= 11 is 0. The number of carbonyl (C=O) groups is 3. The van der Waals surface area contributed by atoms with Crippen LogP contribution >= 0.6 is 0 Å². The fraction of sp³-hybridized carbons (Fsp3) is 0.889. The Hall–Kier alpha value is -1.67. The third-order valence-electron chi connectivity index (χ3n) is 5.93. The van der Waals surface area contributed by atoms with Gasteiger partial charge in [0.15, 0.2) is 6.10 Å². The van der Waals surface area contributed by atoms with Gasteiger partial charge in [0.1, 0.15) is 0 Å². The number of aliphatic hydroxyl groups is 1. The quantitative estimate of drug-likeness (QED) is 0.122. The first-order chi connectivity index (χ1) is 16.5. The summed E-state index contributed by atoms with van der Waals surface area (Å²) in [5.41, 5.74) is 0. The summed E-state index contributed by atoms with van der Waals surface area (Å²) in [6, 6.07) is 0. The van der Waals surface area contributed by atoms with E-state index >= 15 is 0 Å². The first kappa shape index (κ1) is 35.5. The number of rotatable bonds is 21. The summed E-state index contributed by atoms with van der Waals surface area (Å²) in [6.07, 6.45) is 16.8. The van der Waals surface area contributed by atoms with E-state index in [-0.39, 0.29) is 12.1 Å². The molecule has 8 heteroatoms. The van der Waals surface area contributed by atoms with Crippen molar-refractivity contribution in [3.63, 3.8) is 0 Å². The molecule has 0 saturated carbocycles. The Morgan fingerprint density at radius 2 is 1.20 bits per heavy atom. The average molecular weight is 503 g/mol. The highest BCUT2D eigenvalue weighted by Gasteiger charge is 2.16. The maximum atomic E-state index is 11.9. The molecule has 0 spiro atoms. The average Bonchev–Trinajstić information content (AvgIpc) is 2.77.